The fraction of sp³-hybridized carbons (Fsp3) is 0.636. The molecular formula is C22H37N2O10S+. The number of carbonyl (C=O) groups is 1. The summed E-state index contributed by atoms with van der Waals surface area (Å²) in [4.78, 5) is 15.5. The second-order valence-corrected chi connectivity index (χ2v) is 9.05. The number of phenolic OH excluding ortho intramolecular Hbond substituents is 1. The highest BCUT2D eigenvalue weighted by Crippen LogP contribution is 2.35. The highest BCUT2D eigenvalue weighted by atomic mass is 32.2. The summed E-state index contributed by atoms with van der Waals surface area (Å²) in [5.41, 5.74) is 1.74. The first-order valence-corrected chi connectivity index (χ1v) is 12.0. The van der Waals surface area contributed by atoms with Crippen molar-refractivity contribution in [1.82, 2.24) is 0 Å². The maximum Gasteiger partial charge on any atom is 0.332 e. The number of hydrogen-bond acceptors (Lipinski definition) is 11. The minimum atomic E-state index is -1.17. The van der Waals surface area contributed by atoms with Gasteiger partial charge in [-0.05, 0) is 25.5 Å². The van der Waals surface area contributed by atoms with Crippen LogP contribution in [0.25, 0.3) is 0 Å². The lowest BCUT2D eigenvalue weighted by Gasteiger charge is -2.16. The number of aliphatic imine (C=N–C) groups is 1. The molecule has 0 bridgehead atoms. The average Bonchev–Trinajstić information content (AvgIpc) is 3.26. The zero-order valence-corrected chi connectivity index (χ0v) is 20.7. The molecule has 13 heteroatoms. The van der Waals surface area contributed by atoms with Crippen molar-refractivity contribution in [3.63, 3.8) is 0 Å². The zero-order valence-electron chi connectivity index (χ0n) is 19.9. The quantitative estimate of drug-likeness (QED) is 0.132. The molecule has 0 amide bonds. The highest BCUT2D eigenvalue weighted by molar-refractivity contribution is 8.14. The predicted molar refractivity (Wildman–Crippen MR) is 129 cm³/mol. The molecule has 0 unspecified atom stereocenters. The van der Waals surface area contributed by atoms with Crippen LogP contribution in [0, 0.1) is 0 Å². The number of aliphatic hydroxyl groups is 4. The predicted octanol–water partition coefficient (Wildman–Crippen LogP) is -1.53. The lowest BCUT2D eigenvalue weighted by Crippen LogP contribution is -2.78. The van der Waals surface area contributed by atoms with Gasteiger partial charge in [-0.3, -0.25) is 4.99 Å². The van der Waals surface area contributed by atoms with Gasteiger partial charge in [0, 0.05) is 30.6 Å². The number of carboxylic acid groups (broad SMARTS) is 1. The Balaban J connectivity index is 0.000000658. The van der Waals surface area contributed by atoms with Crippen LogP contribution in [-0.4, -0.2) is 118 Å². The normalized spacial score (nSPS) is 17.5. The SMILES string of the molecule is C[C@]1(C(=O)O)CSC(c2ccc(OCCOCCOCCCO)cc2O)=N1.[NH3+]C(CO)(CO)CO. The van der Waals surface area contributed by atoms with Gasteiger partial charge in [0.1, 0.15) is 43.0 Å². The molecule has 0 radical (unpaired) electrons. The van der Waals surface area contributed by atoms with Crippen LogP contribution in [0.5, 0.6) is 11.5 Å². The number of aromatic hydroxyl groups is 1. The van der Waals surface area contributed by atoms with E-state index < -0.39 is 17.0 Å². The maximum atomic E-state index is 11.3. The molecule has 0 aliphatic carbocycles. The van der Waals surface area contributed by atoms with Crippen LogP contribution >= 0.6 is 11.8 Å². The lowest BCUT2D eigenvalue weighted by atomic mass is 10.1. The summed E-state index contributed by atoms with van der Waals surface area (Å²) < 4.78 is 16.1. The van der Waals surface area contributed by atoms with E-state index in [-0.39, 0.29) is 32.2 Å². The Morgan fingerprint density at radius 3 is 2.17 bits per heavy atom. The Morgan fingerprint density at radius 2 is 1.69 bits per heavy atom. The van der Waals surface area contributed by atoms with Gasteiger partial charge in [0.2, 0.25) is 0 Å². The second kappa shape index (κ2) is 15.9. The van der Waals surface area contributed by atoms with Crippen LogP contribution < -0.4 is 10.5 Å². The number of nitrogens with zero attached hydrogens (tertiary/aromatic N) is 1. The topological polar surface area (TPSA) is 206 Å². The summed E-state index contributed by atoms with van der Waals surface area (Å²) in [5, 5.41) is 53.8. The summed E-state index contributed by atoms with van der Waals surface area (Å²) in [6, 6.07) is 4.85. The van der Waals surface area contributed by atoms with E-state index in [9.17, 15) is 15.0 Å². The molecule has 9 N–H and O–H groups in total. The van der Waals surface area contributed by atoms with Gasteiger partial charge in [-0.2, -0.15) is 0 Å². The van der Waals surface area contributed by atoms with Crippen molar-refractivity contribution in [2.45, 2.75) is 24.4 Å². The number of phenols is 1. The van der Waals surface area contributed by atoms with Crippen LogP contribution in [0.3, 0.4) is 0 Å². The van der Waals surface area contributed by atoms with Crippen molar-refractivity contribution in [2.24, 2.45) is 4.99 Å². The molecule has 12 nitrogen and oxygen atoms in total. The Hall–Kier alpha value is -1.97. The summed E-state index contributed by atoms with van der Waals surface area (Å²) in [6.07, 6.45) is 0.614. The first-order chi connectivity index (χ1) is 16.6. The van der Waals surface area contributed by atoms with Gasteiger partial charge in [-0.25, -0.2) is 4.79 Å². The Morgan fingerprint density at radius 1 is 1.09 bits per heavy atom. The smallest absolute Gasteiger partial charge is 0.332 e. The van der Waals surface area contributed by atoms with Crippen molar-refractivity contribution >= 4 is 22.8 Å². The molecule has 0 fully saturated rings. The molecule has 35 heavy (non-hydrogen) atoms. The van der Waals surface area contributed by atoms with E-state index in [2.05, 4.69) is 10.7 Å². The second-order valence-electron chi connectivity index (χ2n) is 8.09. The molecule has 0 spiro atoms. The van der Waals surface area contributed by atoms with E-state index in [4.69, 9.17) is 34.6 Å². The third-order valence-electron chi connectivity index (χ3n) is 4.82. The van der Waals surface area contributed by atoms with E-state index in [0.29, 0.717) is 61.6 Å². The van der Waals surface area contributed by atoms with E-state index in [1.54, 1.807) is 19.1 Å². The lowest BCUT2D eigenvalue weighted by molar-refractivity contribution is -0.494. The molecule has 0 saturated heterocycles. The van der Waals surface area contributed by atoms with Gasteiger partial charge < -0.3 is 50.6 Å². The maximum absolute atomic E-state index is 11.3. The Bertz CT molecular complexity index is 798. The summed E-state index contributed by atoms with van der Waals surface area (Å²) >= 11 is 1.31. The number of aliphatic carboxylic acids is 1. The number of thioether (sulfide) groups is 1. The monoisotopic (exact) mass is 521 g/mol. The van der Waals surface area contributed by atoms with Gasteiger partial charge in [0.05, 0.1) is 19.8 Å². The number of aliphatic hydroxyl groups excluding tert-OH is 4. The van der Waals surface area contributed by atoms with Gasteiger partial charge >= 0.3 is 5.97 Å². The number of benzene rings is 1. The molecule has 1 aromatic rings. The standard InChI is InChI=1S/C18H25NO7S.C4H11NO3/c1-18(17(22)23)12-27-16(19-18)14-4-3-13(11-15(14)21)26-10-9-25-8-7-24-6-2-5-20;5-4(1-6,2-7)3-8/h3-4,11,20-21H,2,5-10,12H2,1H3,(H,22,23);6-8H,1-3,5H2/p+1/t18-;/m1./s1. The molecule has 200 valence electrons. The third-order valence-corrected chi connectivity index (χ3v) is 6.11. The van der Waals surface area contributed by atoms with Crippen LogP contribution in [0.1, 0.15) is 18.9 Å². The molecule has 1 heterocycles. The van der Waals surface area contributed by atoms with Crippen LogP contribution in [0.4, 0.5) is 0 Å². The van der Waals surface area contributed by atoms with Gasteiger partial charge in [0.25, 0.3) is 0 Å². The first kappa shape index (κ1) is 31.1. The first-order valence-electron chi connectivity index (χ1n) is 11.0. The Labute approximate surface area is 208 Å². The molecule has 1 atom stereocenters. The summed E-state index contributed by atoms with van der Waals surface area (Å²) in [6.45, 7) is 2.92. The van der Waals surface area contributed by atoms with Crippen LogP contribution in [-0.2, 0) is 14.3 Å². The molecule has 1 aromatic carbocycles. The van der Waals surface area contributed by atoms with E-state index >= 15 is 0 Å². The third kappa shape index (κ3) is 10.7. The molecule has 0 saturated carbocycles. The van der Waals surface area contributed by atoms with Crippen LogP contribution in [0.15, 0.2) is 23.2 Å². The molecule has 1 aliphatic heterocycles. The molecule has 2 rings (SSSR count). The largest absolute Gasteiger partial charge is 0.507 e. The summed E-state index contributed by atoms with van der Waals surface area (Å²) in [7, 11) is 0. The average molecular weight is 522 g/mol. The highest BCUT2D eigenvalue weighted by Gasteiger charge is 2.39. The summed E-state index contributed by atoms with van der Waals surface area (Å²) in [5.74, 6) is -0.172. The van der Waals surface area contributed by atoms with Crippen molar-refractivity contribution in [2.75, 3.05) is 65.2 Å². The van der Waals surface area contributed by atoms with E-state index in [1.807, 2.05) is 0 Å². The molecule has 0 aromatic heterocycles. The Kier molecular flexibility index (Phi) is 14.1. The van der Waals surface area contributed by atoms with E-state index in [0.717, 1.165) is 0 Å². The molecular weight excluding hydrogens is 484 g/mol. The minimum Gasteiger partial charge on any atom is -0.507 e. The van der Waals surface area contributed by atoms with Crippen molar-refractivity contribution in [3.8, 4) is 11.5 Å². The van der Waals surface area contributed by atoms with Crippen molar-refractivity contribution in [1.29, 1.82) is 0 Å². The van der Waals surface area contributed by atoms with Gasteiger partial charge in [-0.1, -0.05) is 0 Å². The van der Waals surface area contributed by atoms with Gasteiger partial charge in [0.15, 0.2) is 11.1 Å². The number of rotatable bonds is 15. The number of hydrogen-bond donors (Lipinski definition) is 7. The fourth-order valence-electron chi connectivity index (χ4n) is 2.38. The van der Waals surface area contributed by atoms with Crippen molar-refractivity contribution < 1.29 is 55.4 Å². The molecule has 1 aliphatic rings. The fourth-order valence-corrected chi connectivity index (χ4v) is 3.58. The van der Waals surface area contributed by atoms with Gasteiger partial charge in [-0.15, -0.1) is 11.8 Å². The van der Waals surface area contributed by atoms with Crippen molar-refractivity contribution in [3.05, 3.63) is 23.8 Å². The number of carboxylic acids is 1. The van der Waals surface area contributed by atoms with Crippen LogP contribution in [0.2, 0.25) is 0 Å². The minimum absolute atomic E-state index is 0.00779. The zero-order chi connectivity index (χ0) is 26.3. The number of ether oxygens (including phenoxy) is 3. The van der Waals surface area contributed by atoms with E-state index in [1.165, 1.54) is 17.8 Å². The number of quaternary nitrogens is 1.